The molecule has 0 spiro atoms. The summed E-state index contributed by atoms with van der Waals surface area (Å²) in [6, 6.07) is 11.5. The summed E-state index contributed by atoms with van der Waals surface area (Å²) in [5.74, 6) is 1.24. The minimum absolute atomic E-state index is 0.103. The van der Waals surface area contributed by atoms with Gasteiger partial charge in [-0.15, -0.1) is 0 Å². The van der Waals surface area contributed by atoms with Crippen LogP contribution in [0.15, 0.2) is 47.1 Å². The van der Waals surface area contributed by atoms with Crippen LogP contribution in [-0.2, 0) is 9.53 Å². The highest BCUT2D eigenvalue weighted by Crippen LogP contribution is 2.38. The lowest BCUT2D eigenvalue weighted by Gasteiger charge is -2.21. The van der Waals surface area contributed by atoms with Gasteiger partial charge in [0.05, 0.1) is 3.57 Å². The fourth-order valence-electron chi connectivity index (χ4n) is 2.65. The van der Waals surface area contributed by atoms with Gasteiger partial charge in [0.25, 0.3) is 6.29 Å². The van der Waals surface area contributed by atoms with Crippen molar-refractivity contribution in [2.75, 3.05) is 5.32 Å². The lowest BCUT2D eigenvalue weighted by Crippen LogP contribution is -2.23. The maximum Gasteiger partial charge on any atom is 0.286 e. The third kappa shape index (κ3) is 3.39. The lowest BCUT2D eigenvalue weighted by molar-refractivity contribution is -0.114. The summed E-state index contributed by atoms with van der Waals surface area (Å²) in [4.78, 5) is 15.7. The average Bonchev–Trinajstić information content (AvgIpc) is 2.96. The van der Waals surface area contributed by atoms with Gasteiger partial charge in [-0.2, -0.15) is 0 Å². The number of rotatable bonds is 2. The molecule has 2 heterocycles. The molecule has 1 N–H and O–H groups in total. The predicted molar refractivity (Wildman–Crippen MR) is 113 cm³/mol. The summed E-state index contributed by atoms with van der Waals surface area (Å²) >= 11 is 4.56. The van der Waals surface area contributed by atoms with Crippen molar-refractivity contribution in [2.24, 2.45) is 4.99 Å². The zero-order chi connectivity index (χ0) is 17.6. The molecule has 2 aromatic rings. The summed E-state index contributed by atoms with van der Waals surface area (Å²) in [5.41, 5.74) is 3.34. The third-order valence-corrected chi connectivity index (χ3v) is 5.13. The van der Waals surface area contributed by atoms with Gasteiger partial charge in [-0.25, -0.2) is 4.99 Å². The molecule has 126 valence electrons. The lowest BCUT2D eigenvalue weighted by atomic mass is 10.1. The second kappa shape index (κ2) is 6.60. The standard InChI is InChI=1S/C18H12I2N2O3/c1-9(23)21-13-4-2-10(3-5-13)17-22-15-7-11-6-12(19)8-14(20)16(11)24-18(15)25-17/h2-8,18H,1H3,(H,21,23)/t18-/m0/s1. The van der Waals surface area contributed by atoms with Crippen LogP contribution in [0.5, 0.6) is 5.75 Å². The van der Waals surface area contributed by atoms with Gasteiger partial charge in [0, 0.05) is 27.3 Å². The normalized spacial score (nSPS) is 17.5. The van der Waals surface area contributed by atoms with Crippen molar-refractivity contribution in [3.05, 3.63) is 60.4 Å². The molecule has 0 bridgehead atoms. The number of carbonyl (C=O) groups excluding carboxylic acids is 1. The van der Waals surface area contributed by atoms with Crippen molar-refractivity contribution >= 4 is 68.8 Å². The molecule has 1 atom stereocenters. The fraction of sp³-hybridized carbons (Fsp3) is 0.111. The van der Waals surface area contributed by atoms with Gasteiger partial charge in [-0.05, 0) is 87.7 Å². The molecule has 0 saturated heterocycles. The second-order valence-electron chi connectivity index (χ2n) is 5.62. The number of halogens is 2. The van der Waals surface area contributed by atoms with Crippen molar-refractivity contribution in [1.29, 1.82) is 0 Å². The average molecular weight is 558 g/mol. The van der Waals surface area contributed by atoms with Gasteiger partial charge in [-0.1, -0.05) is 0 Å². The Morgan fingerprint density at radius 1 is 1.16 bits per heavy atom. The van der Waals surface area contributed by atoms with E-state index in [2.05, 4.69) is 67.6 Å². The molecule has 0 unspecified atom stereocenters. The molecule has 5 nitrogen and oxygen atoms in total. The van der Waals surface area contributed by atoms with Crippen molar-refractivity contribution in [2.45, 2.75) is 13.2 Å². The monoisotopic (exact) mass is 558 g/mol. The molecule has 2 aliphatic rings. The number of nitrogens with zero attached hydrogens (tertiary/aromatic N) is 1. The van der Waals surface area contributed by atoms with Crippen LogP contribution in [0.4, 0.5) is 5.69 Å². The number of aliphatic imine (C=N–C) groups is 1. The van der Waals surface area contributed by atoms with Gasteiger partial charge in [0.2, 0.25) is 11.8 Å². The zero-order valence-corrected chi connectivity index (χ0v) is 17.4. The van der Waals surface area contributed by atoms with Crippen molar-refractivity contribution in [3.63, 3.8) is 0 Å². The van der Waals surface area contributed by atoms with Crippen LogP contribution in [-0.4, -0.2) is 18.1 Å². The zero-order valence-electron chi connectivity index (χ0n) is 13.0. The van der Waals surface area contributed by atoms with E-state index in [-0.39, 0.29) is 5.91 Å². The van der Waals surface area contributed by atoms with Crippen molar-refractivity contribution in [1.82, 2.24) is 0 Å². The number of nitrogens with one attached hydrogen (secondary N) is 1. The molecule has 0 aliphatic carbocycles. The number of ether oxygens (including phenoxy) is 2. The Morgan fingerprint density at radius 3 is 2.64 bits per heavy atom. The van der Waals surface area contributed by atoms with Crippen molar-refractivity contribution in [3.8, 4) is 5.75 Å². The van der Waals surface area contributed by atoms with E-state index in [1.165, 1.54) is 6.92 Å². The number of fused-ring (bicyclic) bond motifs is 2. The molecule has 7 heteroatoms. The summed E-state index contributed by atoms with van der Waals surface area (Å²) in [7, 11) is 0. The molecule has 1 amide bonds. The van der Waals surface area contributed by atoms with E-state index in [1.54, 1.807) is 0 Å². The Kier molecular flexibility index (Phi) is 4.44. The Morgan fingerprint density at radius 2 is 1.92 bits per heavy atom. The SMILES string of the molecule is CC(=O)Nc1ccc(C2=NC3=Cc4cc(I)cc(I)c4O[C@H]3O2)cc1. The molecule has 0 aromatic heterocycles. The first-order valence-corrected chi connectivity index (χ1v) is 9.66. The molecular formula is C18H12I2N2O3. The minimum Gasteiger partial charge on any atom is -0.447 e. The quantitative estimate of drug-likeness (QED) is 0.557. The molecule has 2 aromatic carbocycles. The Balaban J connectivity index is 1.62. The Bertz CT molecular complexity index is 936. The van der Waals surface area contributed by atoms with Crippen LogP contribution in [0.25, 0.3) is 6.08 Å². The number of benzene rings is 2. The number of carbonyl (C=O) groups is 1. The van der Waals surface area contributed by atoms with Gasteiger partial charge in [-0.3, -0.25) is 4.79 Å². The number of hydrogen-bond donors (Lipinski definition) is 1. The molecule has 0 fully saturated rings. The van der Waals surface area contributed by atoms with Crippen molar-refractivity contribution < 1.29 is 14.3 Å². The van der Waals surface area contributed by atoms with Gasteiger partial charge in [0.1, 0.15) is 11.4 Å². The smallest absolute Gasteiger partial charge is 0.286 e. The molecule has 0 radical (unpaired) electrons. The minimum atomic E-state index is -0.522. The van der Waals surface area contributed by atoms with Gasteiger partial charge >= 0.3 is 0 Å². The first-order valence-electron chi connectivity index (χ1n) is 7.50. The maximum atomic E-state index is 11.1. The summed E-state index contributed by atoms with van der Waals surface area (Å²) in [6.07, 6.45) is 1.48. The largest absolute Gasteiger partial charge is 0.447 e. The molecular weight excluding hydrogens is 546 g/mol. The molecule has 4 rings (SSSR count). The second-order valence-corrected chi connectivity index (χ2v) is 8.03. The van der Waals surface area contributed by atoms with Gasteiger partial charge in [0.15, 0.2) is 0 Å². The Hall–Kier alpha value is -1.62. The van der Waals surface area contributed by atoms with E-state index in [1.807, 2.05) is 30.3 Å². The summed E-state index contributed by atoms with van der Waals surface area (Å²) in [6.45, 7) is 1.48. The predicted octanol–water partition coefficient (Wildman–Crippen LogP) is 4.39. The van der Waals surface area contributed by atoms with E-state index < -0.39 is 6.29 Å². The first-order chi connectivity index (χ1) is 12.0. The van der Waals surface area contributed by atoms with Crippen LogP contribution >= 0.6 is 45.2 Å². The van der Waals surface area contributed by atoms with E-state index in [0.29, 0.717) is 5.90 Å². The Labute approximate surface area is 171 Å². The highest BCUT2D eigenvalue weighted by molar-refractivity contribution is 14.1. The highest BCUT2D eigenvalue weighted by Gasteiger charge is 2.32. The van der Waals surface area contributed by atoms with Crippen LogP contribution < -0.4 is 10.1 Å². The topological polar surface area (TPSA) is 59.9 Å². The fourth-order valence-corrected chi connectivity index (χ4v) is 4.67. The highest BCUT2D eigenvalue weighted by atomic mass is 127. The molecule has 0 saturated carbocycles. The van der Waals surface area contributed by atoms with Crippen LogP contribution in [0.1, 0.15) is 18.1 Å². The number of amides is 1. The number of anilines is 1. The van der Waals surface area contributed by atoms with E-state index in [9.17, 15) is 4.79 Å². The van der Waals surface area contributed by atoms with Crippen LogP contribution in [0.2, 0.25) is 0 Å². The van der Waals surface area contributed by atoms with Crippen LogP contribution in [0, 0.1) is 7.14 Å². The van der Waals surface area contributed by atoms with E-state index in [0.717, 1.165) is 35.4 Å². The summed E-state index contributed by atoms with van der Waals surface area (Å²) in [5, 5.41) is 2.74. The molecule has 25 heavy (non-hydrogen) atoms. The molecule has 2 aliphatic heterocycles. The van der Waals surface area contributed by atoms with E-state index >= 15 is 0 Å². The third-order valence-electron chi connectivity index (χ3n) is 3.71. The number of hydrogen-bond acceptors (Lipinski definition) is 4. The first kappa shape index (κ1) is 16.8. The van der Waals surface area contributed by atoms with E-state index in [4.69, 9.17) is 9.47 Å². The van der Waals surface area contributed by atoms with Gasteiger partial charge < -0.3 is 14.8 Å². The summed E-state index contributed by atoms with van der Waals surface area (Å²) < 4.78 is 14.1. The van der Waals surface area contributed by atoms with Crippen LogP contribution in [0.3, 0.4) is 0 Å². The maximum absolute atomic E-state index is 11.1.